The molecule has 1 aliphatic heterocycles. The summed E-state index contributed by atoms with van der Waals surface area (Å²) in [5, 5.41) is -0.575. The third kappa shape index (κ3) is 2.75. The van der Waals surface area contributed by atoms with Crippen LogP contribution in [-0.4, -0.2) is 46.6 Å². The molecule has 0 radical (unpaired) electrons. The minimum absolute atomic E-state index is 0.0410. The fourth-order valence-corrected chi connectivity index (χ4v) is 3.60. The van der Waals surface area contributed by atoms with Crippen molar-refractivity contribution in [1.29, 1.82) is 0 Å². The molecule has 0 spiro atoms. The largest absolute Gasteiger partial charge is 0.369 e. The van der Waals surface area contributed by atoms with Crippen LogP contribution in [0, 0.1) is 0 Å². The lowest BCUT2D eigenvalue weighted by Crippen LogP contribution is -2.23. The van der Waals surface area contributed by atoms with Gasteiger partial charge in [0.05, 0.1) is 24.4 Å². The molecule has 2 aromatic rings. The first kappa shape index (κ1) is 15.4. The van der Waals surface area contributed by atoms with Crippen molar-refractivity contribution >= 4 is 36.3 Å². The predicted molar refractivity (Wildman–Crippen MR) is 77.5 cm³/mol. The van der Waals surface area contributed by atoms with E-state index in [0.717, 1.165) is 0 Å². The maximum atomic E-state index is 11.7. The Morgan fingerprint density at radius 2 is 2.32 bits per heavy atom. The minimum atomic E-state index is -4.36. The van der Waals surface area contributed by atoms with Crippen LogP contribution in [0.4, 0.5) is 5.95 Å². The lowest BCUT2D eigenvalue weighted by Gasteiger charge is -2.16. The molecule has 12 heteroatoms. The van der Waals surface area contributed by atoms with Gasteiger partial charge in [-0.1, -0.05) is 0 Å². The molecule has 10 nitrogen and oxygen atoms in total. The number of ether oxygens (including phenoxy) is 1. The lowest BCUT2D eigenvalue weighted by molar-refractivity contribution is 0.0630. The fourth-order valence-electron chi connectivity index (χ4n) is 2.36. The average molecular weight is 350 g/mol. The first-order valence-corrected chi connectivity index (χ1v) is 8.43. The van der Waals surface area contributed by atoms with Gasteiger partial charge >= 0.3 is 7.60 Å². The number of fused-ring (bicyclic) bond motifs is 1. The minimum Gasteiger partial charge on any atom is -0.369 e. The molecule has 0 aliphatic carbocycles. The van der Waals surface area contributed by atoms with Gasteiger partial charge in [-0.15, -0.1) is 11.6 Å². The molecule has 0 bridgehead atoms. The number of nitrogens with two attached hydrogens (primary N) is 1. The van der Waals surface area contributed by atoms with Gasteiger partial charge in [0.15, 0.2) is 17.0 Å². The number of aromatic amines is 1. The molecule has 0 unspecified atom stereocenters. The van der Waals surface area contributed by atoms with Crippen LogP contribution in [0.1, 0.15) is 6.42 Å². The third-order valence-corrected chi connectivity index (χ3v) is 4.95. The van der Waals surface area contributed by atoms with Gasteiger partial charge in [0, 0.05) is 6.42 Å². The summed E-state index contributed by atoms with van der Waals surface area (Å²) in [6, 6.07) is 0. The topological polar surface area (TPSA) is 156 Å². The van der Waals surface area contributed by atoms with E-state index in [0.29, 0.717) is 0 Å². The average Bonchev–Trinajstić information content (AvgIpc) is 2.95. The molecule has 5 N–H and O–H groups in total. The van der Waals surface area contributed by atoms with Gasteiger partial charge in [-0.2, -0.15) is 4.98 Å². The molecular weight excluding hydrogens is 337 g/mol. The first-order valence-electron chi connectivity index (χ1n) is 6.31. The Balaban J connectivity index is 1.88. The number of nitrogen functional groups attached to an aromatic ring is 1. The van der Waals surface area contributed by atoms with Crippen molar-refractivity contribution in [3.8, 4) is 0 Å². The molecule has 3 rings (SSSR count). The molecule has 3 atom stereocenters. The van der Waals surface area contributed by atoms with E-state index >= 15 is 0 Å². The number of H-pyrrole nitrogens is 1. The van der Waals surface area contributed by atoms with Gasteiger partial charge in [-0.05, 0) is 0 Å². The predicted octanol–water partition coefficient (Wildman–Crippen LogP) is -0.398. The van der Waals surface area contributed by atoms with Crippen molar-refractivity contribution in [2.45, 2.75) is 30.3 Å². The Hall–Kier alpha value is -1.45. The van der Waals surface area contributed by atoms with Crippen molar-refractivity contribution in [2.75, 3.05) is 5.73 Å². The summed E-state index contributed by atoms with van der Waals surface area (Å²) in [5.74, 6) is -1.28. The van der Waals surface area contributed by atoms with E-state index in [2.05, 4.69) is 15.0 Å². The monoisotopic (exact) mass is 349 g/mol. The highest BCUT2D eigenvalue weighted by Crippen LogP contribution is 2.49. The molecule has 120 valence electrons. The summed E-state index contributed by atoms with van der Waals surface area (Å²) in [7, 11) is -4.36. The number of alkyl halides is 1. The Kier molecular flexibility index (Phi) is 3.74. The number of hydrogen-bond acceptors (Lipinski definition) is 6. The van der Waals surface area contributed by atoms with Crippen LogP contribution in [0.2, 0.25) is 0 Å². The molecule has 1 aliphatic rings. The molecule has 0 aromatic carbocycles. The Morgan fingerprint density at radius 1 is 1.59 bits per heavy atom. The number of nitrogens with zero attached hydrogens (tertiary/aromatic N) is 3. The van der Waals surface area contributed by atoms with Gasteiger partial charge in [-0.3, -0.25) is 14.3 Å². The zero-order valence-electron chi connectivity index (χ0n) is 11.1. The second kappa shape index (κ2) is 5.32. The summed E-state index contributed by atoms with van der Waals surface area (Å²) in [4.78, 5) is 40.3. The fraction of sp³-hybridized carbons (Fsp3) is 0.500. The van der Waals surface area contributed by atoms with Crippen molar-refractivity contribution < 1.29 is 19.1 Å². The number of halogens is 1. The van der Waals surface area contributed by atoms with Crippen molar-refractivity contribution in [3.63, 3.8) is 0 Å². The second-order valence-corrected chi connectivity index (χ2v) is 7.31. The molecule has 3 heterocycles. The van der Waals surface area contributed by atoms with Crippen molar-refractivity contribution in [1.82, 2.24) is 19.5 Å². The molecule has 0 saturated carbocycles. The third-order valence-electron chi connectivity index (χ3n) is 3.41. The van der Waals surface area contributed by atoms with Gasteiger partial charge in [-0.25, -0.2) is 4.98 Å². The van der Waals surface area contributed by atoms with Gasteiger partial charge in [0.25, 0.3) is 5.56 Å². The smallest absolute Gasteiger partial charge is 0.354 e. The quantitative estimate of drug-likeness (QED) is 0.430. The number of anilines is 1. The highest BCUT2D eigenvalue weighted by Gasteiger charge is 2.43. The lowest BCUT2D eigenvalue weighted by atomic mass is 10.2. The van der Waals surface area contributed by atoms with Crippen molar-refractivity contribution in [3.05, 3.63) is 16.7 Å². The Bertz CT molecular complexity index is 816. The zero-order valence-corrected chi connectivity index (χ0v) is 12.7. The maximum Gasteiger partial charge on any atom is 0.354 e. The van der Waals surface area contributed by atoms with Crippen LogP contribution in [0.25, 0.3) is 11.2 Å². The second-order valence-electron chi connectivity index (χ2n) is 4.99. The van der Waals surface area contributed by atoms with Crippen LogP contribution >= 0.6 is 19.2 Å². The Morgan fingerprint density at radius 3 is 2.95 bits per heavy atom. The SMILES string of the molecule is Nc1nc2c(ncn2C[C@H]2O[C@@H](P(=O)(O)O)C[C@H]2Cl)c(=O)[nH]1. The van der Waals surface area contributed by atoms with E-state index in [-0.39, 0.29) is 30.1 Å². The van der Waals surface area contributed by atoms with Gasteiger partial charge in [0.1, 0.15) is 0 Å². The molecule has 2 aromatic heterocycles. The summed E-state index contributed by atoms with van der Waals surface area (Å²) >= 11 is 6.09. The van der Waals surface area contributed by atoms with E-state index < -0.39 is 30.5 Å². The summed E-state index contributed by atoms with van der Waals surface area (Å²) in [6.45, 7) is 0.150. The molecule has 0 amide bonds. The standard InChI is InChI=1S/C10H13ClN5O5P/c11-4-1-6(22(18,19)20)21-5(4)2-16-3-13-7-8(16)14-10(12)15-9(7)17/h3-6H,1-2H2,(H2,18,19,20)(H3,12,14,15,17)/t4-,5-,6+/m1/s1. The van der Waals surface area contributed by atoms with Crippen LogP contribution < -0.4 is 11.3 Å². The Labute approximate surface area is 128 Å². The van der Waals surface area contributed by atoms with Crippen LogP contribution in [0.15, 0.2) is 11.1 Å². The highest BCUT2D eigenvalue weighted by molar-refractivity contribution is 7.52. The normalized spacial score (nSPS) is 25.9. The number of imidazole rings is 1. The summed E-state index contributed by atoms with van der Waals surface area (Å²) < 4.78 is 18.1. The maximum absolute atomic E-state index is 11.7. The molecule has 1 fully saturated rings. The summed E-state index contributed by atoms with van der Waals surface area (Å²) in [6.07, 6.45) is 0.780. The van der Waals surface area contributed by atoms with Gasteiger partial charge < -0.3 is 24.8 Å². The van der Waals surface area contributed by atoms with Crippen LogP contribution in [0.5, 0.6) is 0 Å². The number of hydrogen-bond donors (Lipinski definition) is 4. The summed E-state index contributed by atoms with van der Waals surface area (Å²) in [5.41, 5.74) is 5.40. The van der Waals surface area contributed by atoms with E-state index in [9.17, 15) is 9.36 Å². The number of rotatable bonds is 3. The molecule has 1 saturated heterocycles. The number of nitrogens with one attached hydrogen (secondary N) is 1. The van der Waals surface area contributed by atoms with E-state index in [1.807, 2.05) is 0 Å². The van der Waals surface area contributed by atoms with Crippen LogP contribution in [0.3, 0.4) is 0 Å². The van der Waals surface area contributed by atoms with E-state index in [1.54, 1.807) is 0 Å². The number of aromatic nitrogens is 4. The first-order chi connectivity index (χ1) is 10.3. The van der Waals surface area contributed by atoms with E-state index in [1.165, 1.54) is 10.9 Å². The van der Waals surface area contributed by atoms with Gasteiger partial charge in [0.2, 0.25) is 5.95 Å². The highest BCUT2D eigenvalue weighted by atomic mass is 35.5. The molecular formula is C10H13ClN5O5P. The zero-order chi connectivity index (χ0) is 16.1. The van der Waals surface area contributed by atoms with E-state index in [4.69, 9.17) is 31.9 Å². The van der Waals surface area contributed by atoms with Crippen molar-refractivity contribution in [2.24, 2.45) is 0 Å². The molecule has 22 heavy (non-hydrogen) atoms. The van der Waals surface area contributed by atoms with Crippen LogP contribution in [-0.2, 0) is 15.8 Å².